The van der Waals surface area contributed by atoms with Crippen molar-refractivity contribution in [2.75, 3.05) is 30.8 Å². The van der Waals surface area contributed by atoms with Crippen molar-refractivity contribution in [3.63, 3.8) is 0 Å². The van der Waals surface area contributed by atoms with Gasteiger partial charge in [-0.1, -0.05) is 18.5 Å². The molecule has 1 aromatic heterocycles. The van der Waals surface area contributed by atoms with Crippen molar-refractivity contribution in [1.29, 1.82) is 0 Å². The van der Waals surface area contributed by atoms with Crippen LogP contribution in [0.15, 0.2) is 6.07 Å². The number of rotatable bonds is 5. The number of hydrogen-bond donors (Lipinski definition) is 2. The van der Waals surface area contributed by atoms with Crippen LogP contribution >= 0.6 is 11.6 Å². The molecular formula is C10H16ClN5O. The van der Waals surface area contributed by atoms with Crippen LogP contribution in [0.1, 0.15) is 13.3 Å². The molecule has 0 aliphatic heterocycles. The summed E-state index contributed by atoms with van der Waals surface area (Å²) in [6, 6.07) is 1.56. The number of likely N-dealkylation sites (N-methyl/N-ethyl adjacent to an activating group) is 1. The average molecular weight is 258 g/mol. The summed E-state index contributed by atoms with van der Waals surface area (Å²) in [5.74, 6) is 0.546. The highest BCUT2D eigenvalue weighted by Gasteiger charge is 2.09. The van der Waals surface area contributed by atoms with Crippen LogP contribution in [0.25, 0.3) is 0 Å². The van der Waals surface area contributed by atoms with Gasteiger partial charge in [0.25, 0.3) is 0 Å². The molecule has 1 amide bonds. The van der Waals surface area contributed by atoms with Gasteiger partial charge in [-0.3, -0.25) is 4.79 Å². The quantitative estimate of drug-likeness (QED) is 0.758. The second-order valence-electron chi connectivity index (χ2n) is 3.61. The van der Waals surface area contributed by atoms with Gasteiger partial charge < -0.3 is 16.0 Å². The first-order chi connectivity index (χ1) is 8.02. The van der Waals surface area contributed by atoms with E-state index in [2.05, 4.69) is 15.3 Å². The van der Waals surface area contributed by atoms with Crippen LogP contribution < -0.4 is 16.0 Å². The highest BCUT2D eigenvalue weighted by Crippen LogP contribution is 2.15. The van der Waals surface area contributed by atoms with Crippen LogP contribution in [0.5, 0.6) is 0 Å². The number of nitrogen functional groups attached to an aromatic ring is 1. The minimum atomic E-state index is -0.0670. The number of hydrogen-bond acceptors (Lipinski definition) is 5. The van der Waals surface area contributed by atoms with Crippen molar-refractivity contribution >= 4 is 29.3 Å². The summed E-state index contributed by atoms with van der Waals surface area (Å²) in [4.78, 5) is 20.9. The Kier molecular flexibility index (Phi) is 4.96. The molecule has 7 heteroatoms. The molecule has 1 aromatic rings. The molecule has 3 N–H and O–H groups in total. The molecule has 0 aliphatic rings. The van der Waals surface area contributed by atoms with Gasteiger partial charge in [-0.05, 0) is 6.42 Å². The van der Waals surface area contributed by atoms with E-state index in [0.29, 0.717) is 12.4 Å². The fourth-order valence-electron chi connectivity index (χ4n) is 1.24. The van der Waals surface area contributed by atoms with Crippen LogP contribution in [-0.2, 0) is 4.79 Å². The SMILES string of the molecule is CCCNC(=O)CN(C)c1cc(Cl)nc(N)n1. The number of nitrogens with one attached hydrogen (secondary N) is 1. The molecule has 0 bridgehead atoms. The lowest BCUT2D eigenvalue weighted by Crippen LogP contribution is -2.35. The summed E-state index contributed by atoms with van der Waals surface area (Å²) < 4.78 is 0. The molecule has 0 atom stereocenters. The molecule has 6 nitrogen and oxygen atoms in total. The summed E-state index contributed by atoms with van der Waals surface area (Å²) in [7, 11) is 1.74. The van der Waals surface area contributed by atoms with Crippen molar-refractivity contribution in [3.05, 3.63) is 11.2 Å². The fourth-order valence-corrected chi connectivity index (χ4v) is 1.42. The van der Waals surface area contributed by atoms with Crippen LogP contribution in [0.2, 0.25) is 5.15 Å². The lowest BCUT2D eigenvalue weighted by atomic mass is 10.4. The number of carbonyl (C=O) groups excluding carboxylic acids is 1. The van der Waals surface area contributed by atoms with Gasteiger partial charge >= 0.3 is 0 Å². The topological polar surface area (TPSA) is 84.1 Å². The number of anilines is 2. The summed E-state index contributed by atoms with van der Waals surface area (Å²) in [5.41, 5.74) is 5.47. The van der Waals surface area contributed by atoms with Crippen molar-refractivity contribution in [2.45, 2.75) is 13.3 Å². The van der Waals surface area contributed by atoms with E-state index in [0.717, 1.165) is 6.42 Å². The van der Waals surface area contributed by atoms with Crippen LogP contribution in [-0.4, -0.2) is 36.0 Å². The second-order valence-corrected chi connectivity index (χ2v) is 4.00. The maximum absolute atomic E-state index is 11.5. The van der Waals surface area contributed by atoms with Crippen LogP contribution in [0.4, 0.5) is 11.8 Å². The third-order valence-corrected chi connectivity index (χ3v) is 2.24. The van der Waals surface area contributed by atoms with E-state index in [-0.39, 0.29) is 23.6 Å². The van der Waals surface area contributed by atoms with Crippen molar-refractivity contribution in [1.82, 2.24) is 15.3 Å². The Labute approximate surface area is 105 Å². The predicted octanol–water partition coefficient (Wildman–Crippen LogP) is 0.675. The maximum Gasteiger partial charge on any atom is 0.239 e. The first kappa shape index (κ1) is 13.5. The van der Waals surface area contributed by atoms with Crippen LogP contribution in [0.3, 0.4) is 0 Å². The standard InChI is InChI=1S/C10H16ClN5O/c1-3-4-13-9(17)6-16(2)8-5-7(11)14-10(12)15-8/h5H,3-4,6H2,1-2H3,(H,13,17)(H2,12,14,15). The van der Waals surface area contributed by atoms with Gasteiger partial charge in [0.1, 0.15) is 11.0 Å². The zero-order valence-corrected chi connectivity index (χ0v) is 10.7. The number of carbonyl (C=O) groups is 1. The Morgan fingerprint density at radius 2 is 2.29 bits per heavy atom. The Morgan fingerprint density at radius 1 is 1.59 bits per heavy atom. The van der Waals surface area contributed by atoms with E-state index in [1.165, 1.54) is 0 Å². The van der Waals surface area contributed by atoms with E-state index in [1.54, 1.807) is 18.0 Å². The second kappa shape index (κ2) is 6.24. The van der Waals surface area contributed by atoms with E-state index in [9.17, 15) is 4.79 Å². The Balaban J connectivity index is 2.63. The van der Waals surface area contributed by atoms with E-state index in [1.807, 2.05) is 6.92 Å². The molecule has 94 valence electrons. The van der Waals surface area contributed by atoms with Gasteiger partial charge in [-0.25, -0.2) is 4.98 Å². The van der Waals surface area contributed by atoms with E-state index in [4.69, 9.17) is 17.3 Å². The van der Waals surface area contributed by atoms with Gasteiger partial charge in [0, 0.05) is 19.7 Å². The molecule has 17 heavy (non-hydrogen) atoms. The van der Waals surface area contributed by atoms with Gasteiger partial charge in [-0.15, -0.1) is 0 Å². The Bertz CT molecular complexity index is 378. The van der Waals surface area contributed by atoms with Crippen LogP contribution in [0, 0.1) is 0 Å². The molecule has 0 fully saturated rings. The van der Waals surface area contributed by atoms with Gasteiger partial charge in [0.15, 0.2) is 0 Å². The lowest BCUT2D eigenvalue weighted by molar-refractivity contribution is -0.119. The smallest absolute Gasteiger partial charge is 0.239 e. The minimum absolute atomic E-state index is 0.0670. The minimum Gasteiger partial charge on any atom is -0.368 e. The summed E-state index contributed by atoms with van der Waals surface area (Å²) >= 11 is 5.76. The summed E-state index contributed by atoms with van der Waals surface area (Å²) in [5, 5.41) is 3.03. The predicted molar refractivity (Wildman–Crippen MR) is 68.0 cm³/mol. The third kappa shape index (κ3) is 4.44. The molecule has 0 radical (unpaired) electrons. The number of nitrogens with zero attached hydrogens (tertiary/aromatic N) is 3. The van der Waals surface area contributed by atoms with E-state index < -0.39 is 0 Å². The molecule has 0 aromatic carbocycles. The zero-order chi connectivity index (χ0) is 12.8. The number of aromatic nitrogens is 2. The lowest BCUT2D eigenvalue weighted by Gasteiger charge is -2.17. The van der Waals surface area contributed by atoms with Crippen molar-refractivity contribution in [2.24, 2.45) is 0 Å². The van der Waals surface area contributed by atoms with Crippen molar-refractivity contribution < 1.29 is 4.79 Å². The maximum atomic E-state index is 11.5. The molecule has 0 saturated heterocycles. The van der Waals surface area contributed by atoms with Gasteiger partial charge in [-0.2, -0.15) is 4.98 Å². The monoisotopic (exact) mass is 257 g/mol. The zero-order valence-electron chi connectivity index (χ0n) is 9.90. The molecule has 0 saturated carbocycles. The number of nitrogens with two attached hydrogens (primary N) is 1. The molecule has 0 unspecified atom stereocenters. The summed E-state index contributed by atoms with van der Waals surface area (Å²) in [6.45, 7) is 2.86. The van der Waals surface area contributed by atoms with Gasteiger partial charge in [0.05, 0.1) is 6.54 Å². The normalized spacial score (nSPS) is 10.1. The van der Waals surface area contributed by atoms with E-state index >= 15 is 0 Å². The summed E-state index contributed by atoms with van der Waals surface area (Å²) in [6.07, 6.45) is 0.905. The number of amides is 1. The van der Waals surface area contributed by atoms with Gasteiger partial charge in [0.2, 0.25) is 11.9 Å². The molecular weight excluding hydrogens is 242 g/mol. The molecule has 1 heterocycles. The average Bonchev–Trinajstić information content (AvgIpc) is 2.25. The number of halogens is 1. The Hall–Kier alpha value is -1.56. The third-order valence-electron chi connectivity index (χ3n) is 2.04. The first-order valence-corrected chi connectivity index (χ1v) is 5.68. The van der Waals surface area contributed by atoms with Crippen molar-refractivity contribution in [3.8, 4) is 0 Å². The highest BCUT2D eigenvalue weighted by molar-refractivity contribution is 6.29. The molecule has 0 spiro atoms. The molecule has 0 aliphatic carbocycles. The first-order valence-electron chi connectivity index (χ1n) is 5.30. The Morgan fingerprint density at radius 3 is 2.88 bits per heavy atom. The largest absolute Gasteiger partial charge is 0.368 e. The molecule has 1 rings (SSSR count). The highest BCUT2D eigenvalue weighted by atomic mass is 35.5. The fraction of sp³-hybridized carbons (Fsp3) is 0.500.